The Morgan fingerprint density at radius 2 is 0.563 bits per heavy atom. The van der Waals surface area contributed by atoms with E-state index in [4.69, 9.17) is 0 Å². The third kappa shape index (κ3) is 6.10. The van der Waals surface area contributed by atoms with Crippen molar-refractivity contribution in [3.8, 4) is 50.4 Å². The van der Waals surface area contributed by atoms with Crippen LogP contribution in [-0.4, -0.2) is 13.7 Å². The highest BCUT2D eigenvalue weighted by Gasteiger charge is 2.21. The van der Waals surface area contributed by atoms with Crippen LogP contribution in [0.15, 0.2) is 261 Å². The van der Waals surface area contributed by atoms with E-state index < -0.39 is 0 Å². The van der Waals surface area contributed by atoms with Gasteiger partial charge in [0.1, 0.15) is 0 Å². The molecule has 0 spiro atoms. The van der Waals surface area contributed by atoms with Crippen LogP contribution in [0.4, 0.5) is 0 Å². The zero-order chi connectivity index (χ0) is 46.6. The smallest absolute Gasteiger partial charge is 0.0546 e. The predicted octanol–water partition coefficient (Wildman–Crippen LogP) is 18.3. The third-order valence-corrected chi connectivity index (χ3v) is 15.0. The lowest BCUT2D eigenvalue weighted by molar-refractivity contribution is 1.17. The number of benzene rings is 12. The molecule has 0 aliphatic rings. The molecule has 3 aromatic heterocycles. The van der Waals surface area contributed by atoms with Crippen molar-refractivity contribution in [1.82, 2.24) is 13.7 Å². The van der Waals surface area contributed by atoms with Gasteiger partial charge in [0.2, 0.25) is 0 Å². The van der Waals surface area contributed by atoms with E-state index >= 15 is 0 Å². The van der Waals surface area contributed by atoms with Gasteiger partial charge in [-0.25, -0.2) is 0 Å². The molecule has 0 saturated heterocycles. The fourth-order valence-corrected chi connectivity index (χ4v) is 11.7. The molecule has 0 atom stereocenters. The molecule has 330 valence electrons. The Kier molecular flexibility index (Phi) is 8.66. The van der Waals surface area contributed by atoms with Crippen LogP contribution in [0.2, 0.25) is 0 Å². The summed E-state index contributed by atoms with van der Waals surface area (Å²) in [6.07, 6.45) is 0. The zero-order valence-electron chi connectivity index (χ0n) is 38.7. The van der Waals surface area contributed by atoms with Gasteiger partial charge in [0, 0.05) is 49.1 Å². The molecule has 0 aliphatic heterocycles. The van der Waals surface area contributed by atoms with Gasteiger partial charge in [-0.2, -0.15) is 0 Å². The van der Waals surface area contributed by atoms with Crippen molar-refractivity contribution >= 4 is 87.0 Å². The average Bonchev–Trinajstić information content (AvgIpc) is 4.07. The predicted molar refractivity (Wildman–Crippen MR) is 301 cm³/mol. The molecule has 15 aromatic rings. The molecule has 0 amide bonds. The maximum atomic E-state index is 2.49. The van der Waals surface area contributed by atoms with Crippen LogP contribution in [0.25, 0.3) is 137 Å². The highest BCUT2D eigenvalue weighted by atomic mass is 15.0. The summed E-state index contributed by atoms with van der Waals surface area (Å²) in [6.45, 7) is 0. The van der Waals surface area contributed by atoms with Crippen LogP contribution in [0.3, 0.4) is 0 Å². The molecule has 0 fully saturated rings. The first kappa shape index (κ1) is 39.5. The van der Waals surface area contributed by atoms with E-state index in [9.17, 15) is 0 Å². The summed E-state index contributed by atoms with van der Waals surface area (Å²) < 4.78 is 7.35. The number of hydrogen-bond acceptors (Lipinski definition) is 0. The summed E-state index contributed by atoms with van der Waals surface area (Å²) in [5, 5.41) is 12.4. The van der Waals surface area contributed by atoms with Crippen molar-refractivity contribution in [1.29, 1.82) is 0 Å². The van der Waals surface area contributed by atoms with Crippen molar-refractivity contribution < 1.29 is 0 Å². The van der Waals surface area contributed by atoms with Gasteiger partial charge in [-0.1, -0.05) is 170 Å². The molecule has 3 heteroatoms. The lowest BCUT2D eigenvalue weighted by Gasteiger charge is -2.14. The molecule has 0 aliphatic carbocycles. The van der Waals surface area contributed by atoms with Crippen molar-refractivity contribution in [2.75, 3.05) is 0 Å². The molecule has 0 bridgehead atoms. The minimum Gasteiger partial charge on any atom is -0.309 e. The van der Waals surface area contributed by atoms with Crippen LogP contribution < -0.4 is 0 Å². The third-order valence-electron chi connectivity index (χ3n) is 15.0. The van der Waals surface area contributed by atoms with E-state index in [1.165, 1.54) is 126 Å². The Morgan fingerprint density at radius 1 is 0.183 bits per heavy atom. The molecule has 3 heterocycles. The number of aromatic nitrogens is 3. The first-order chi connectivity index (χ1) is 35.2. The van der Waals surface area contributed by atoms with Gasteiger partial charge in [0.05, 0.1) is 38.8 Å². The Hall–Kier alpha value is -9.44. The normalized spacial score (nSPS) is 11.9. The van der Waals surface area contributed by atoms with E-state index in [-0.39, 0.29) is 0 Å². The summed E-state index contributed by atoms with van der Waals surface area (Å²) in [5.41, 5.74) is 17.8. The lowest BCUT2D eigenvalue weighted by Crippen LogP contribution is -1.96. The summed E-state index contributed by atoms with van der Waals surface area (Å²) in [4.78, 5) is 0. The standard InChI is InChI=1S/C68H43N3/c1-4-16-44(17-5-1)46-28-33-63-57(38-46)58-40-48(30-34-64(58)70(63)52-32-37-65-61(43-52)56-26-14-15-27-62(56)69(65)51-21-8-3-9-22-51)49-31-36-67-60(41-49)59-39-47(45-18-6-2-7-19-45)29-35-66(59)71(67)68-42-50-20-10-11-23-53(50)54-24-12-13-25-55(54)68/h1-43H. The SMILES string of the molecule is c1ccc(-c2ccc3c(c2)c2cc(-c4ccc5c(c4)c4cc(-c6ccccc6)ccc4n5-c4cc5ccccc5c5ccccc45)ccc2n3-c2ccc3c(c2)c2ccccc2n3-c2ccccc2)cc1. The Bertz CT molecular complexity index is 4610. The zero-order valence-corrected chi connectivity index (χ0v) is 38.7. The lowest BCUT2D eigenvalue weighted by atomic mass is 9.98. The Labute approximate surface area is 409 Å². The van der Waals surface area contributed by atoms with E-state index in [0.717, 1.165) is 11.4 Å². The Morgan fingerprint density at radius 3 is 1.13 bits per heavy atom. The number of nitrogens with zero attached hydrogens (tertiary/aromatic N) is 3. The quantitative estimate of drug-likeness (QED) is 0.148. The molecule has 0 saturated carbocycles. The molecule has 3 nitrogen and oxygen atoms in total. The van der Waals surface area contributed by atoms with Crippen molar-refractivity contribution in [3.63, 3.8) is 0 Å². The molecular formula is C68H43N3. The molecule has 0 radical (unpaired) electrons. The fraction of sp³-hybridized carbons (Fsp3) is 0. The van der Waals surface area contributed by atoms with Crippen LogP contribution in [0.1, 0.15) is 0 Å². The van der Waals surface area contributed by atoms with Gasteiger partial charge in [0.25, 0.3) is 0 Å². The Balaban J connectivity index is 0.957. The van der Waals surface area contributed by atoms with Crippen molar-refractivity contribution in [2.24, 2.45) is 0 Å². The minimum atomic E-state index is 1.14. The summed E-state index contributed by atoms with van der Waals surface area (Å²) in [7, 11) is 0. The second-order valence-electron chi connectivity index (χ2n) is 18.9. The number of hydrogen-bond donors (Lipinski definition) is 0. The fourth-order valence-electron chi connectivity index (χ4n) is 11.7. The van der Waals surface area contributed by atoms with E-state index in [0.29, 0.717) is 0 Å². The number of fused-ring (bicyclic) bond motifs is 12. The molecule has 0 N–H and O–H groups in total. The molecule has 71 heavy (non-hydrogen) atoms. The molecule has 12 aromatic carbocycles. The topological polar surface area (TPSA) is 14.8 Å². The van der Waals surface area contributed by atoms with Crippen LogP contribution in [-0.2, 0) is 0 Å². The number of rotatable bonds is 6. The maximum absolute atomic E-state index is 2.49. The van der Waals surface area contributed by atoms with Crippen molar-refractivity contribution in [2.45, 2.75) is 0 Å². The van der Waals surface area contributed by atoms with Gasteiger partial charge >= 0.3 is 0 Å². The summed E-state index contributed by atoms with van der Waals surface area (Å²) in [5.74, 6) is 0. The minimum absolute atomic E-state index is 1.14. The largest absolute Gasteiger partial charge is 0.309 e. The highest BCUT2D eigenvalue weighted by molar-refractivity contribution is 6.17. The van der Waals surface area contributed by atoms with Crippen LogP contribution in [0.5, 0.6) is 0 Å². The summed E-state index contributed by atoms with van der Waals surface area (Å²) in [6, 6.07) is 96.2. The summed E-state index contributed by atoms with van der Waals surface area (Å²) >= 11 is 0. The maximum Gasteiger partial charge on any atom is 0.0546 e. The van der Waals surface area contributed by atoms with Gasteiger partial charge in [-0.15, -0.1) is 0 Å². The monoisotopic (exact) mass is 901 g/mol. The van der Waals surface area contributed by atoms with Crippen LogP contribution in [0, 0.1) is 0 Å². The second-order valence-corrected chi connectivity index (χ2v) is 18.9. The van der Waals surface area contributed by atoms with Gasteiger partial charge in [-0.3, -0.25) is 0 Å². The van der Waals surface area contributed by atoms with E-state index in [1.54, 1.807) is 0 Å². The van der Waals surface area contributed by atoms with Gasteiger partial charge in [0.15, 0.2) is 0 Å². The van der Waals surface area contributed by atoms with Gasteiger partial charge in [-0.05, 0) is 141 Å². The second kappa shape index (κ2) is 15.5. The van der Waals surface area contributed by atoms with Crippen molar-refractivity contribution in [3.05, 3.63) is 261 Å². The van der Waals surface area contributed by atoms with Crippen LogP contribution >= 0.6 is 0 Å². The number of para-hydroxylation sites is 2. The van der Waals surface area contributed by atoms with E-state index in [1.807, 2.05) is 0 Å². The molecule has 15 rings (SSSR count). The highest BCUT2D eigenvalue weighted by Crippen LogP contribution is 2.43. The van der Waals surface area contributed by atoms with Gasteiger partial charge < -0.3 is 13.7 Å². The molecule has 0 unspecified atom stereocenters. The first-order valence-electron chi connectivity index (χ1n) is 24.5. The first-order valence-corrected chi connectivity index (χ1v) is 24.5. The average molecular weight is 902 g/mol. The molecular weight excluding hydrogens is 859 g/mol. The van der Waals surface area contributed by atoms with E-state index in [2.05, 4.69) is 275 Å².